The average molecular weight is 172 g/mol. The van der Waals surface area contributed by atoms with Crippen molar-refractivity contribution < 1.29 is 19.4 Å². The molecule has 0 radical (unpaired) electrons. The molecule has 0 aliphatic carbocycles. The average Bonchev–Trinajstić information content (AvgIpc) is 2.61. The molecule has 0 aromatic rings. The molecular formula is C8H12O4. The minimum Gasteiger partial charge on any atom is -0.481 e. The number of carboxylic acids is 1. The van der Waals surface area contributed by atoms with Crippen molar-refractivity contribution in [1.29, 1.82) is 0 Å². The molecule has 2 aliphatic rings. The van der Waals surface area contributed by atoms with E-state index in [1.165, 1.54) is 0 Å². The molecule has 2 unspecified atom stereocenters. The molecule has 1 N–H and O–H groups in total. The zero-order valence-electron chi connectivity index (χ0n) is 6.78. The fourth-order valence-electron chi connectivity index (χ4n) is 2.00. The van der Waals surface area contributed by atoms with Gasteiger partial charge in [-0.1, -0.05) is 0 Å². The summed E-state index contributed by atoms with van der Waals surface area (Å²) in [6, 6.07) is 0. The van der Waals surface area contributed by atoms with Crippen LogP contribution in [-0.2, 0) is 14.3 Å². The van der Waals surface area contributed by atoms with E-state index in [4.69, 9.17) is 14.6 Å². The summed E-state index contributed by atoms with van der Waals surface area (Å²) < 4.78 is 10.4. The van der Waals surface area contributed by atoms with Crippen molar-refractivity contribution in [1.82, 2.24) is 0 Å². The van der Waals surface area contributed by atoms with Gasteiger partial charge >= 0.3 is 5.97 Å². The summed E-state index contributed by atoms with van der Waals surface area (Å²) in [6.07, 6.45) is 0.823. The molecule has 2 saturated heterocycles. The molecule has 2 atom stereocenters. The molecule has 2 heterocycles. The molecule has 2 aliphatic heterocycles. The maximum absolute atomic E-state index is 10.8. The summed E-state index contributed by atoms with van der Waals surface area (Å²) in [5, 5.41) is 8.90. The molecule has 0 aromatic heterocycles. The highest BCUT2D eigenvalue weighted by molar-refractivity contribution is 5.71. The lowest BCUT2D eigenvalue weighted by atomic mass is 9.77. The summed E-state index contributed by atoms with van der Waals surface area (Å²) in [6.45, 7) is 2.11. The highest BCUT2D eigenvalue weighted by Crippen LogP contribution is 2.41. The summed E-state index contributed by atoms with van der Waals surface area (Å²) in [5.41, 5.74) is -0.216. The third-order valence-electron chi connectivity index (χ3n) is 2.85. The van der Waals surface area contributed by atoms with Crippen molar-refractivity contribution in [2.75, 3.05) is 26.4 Å². The van der Waals surface area contributed by atoms with Crippen LogP contribution in [0.15, 0.2) is 0 Å². The van der Waals surface area contributed by atoms with Crippen molar-refractivity contribution in [2.24, 2.45) is 11.3 Å². The van der Waals surface area contributed by atoms with E-state index in [9.17, 15) is 4.79 Å². The largest absolute Gasteiger partial charge is 0.481 e. The smallest absolute Gasteiger partial charge is 0.309 e. The first-order chi connectivity index (χ1) is 5.75. The molecular weight excluding hydrogens is 160 g/mol. The predicted octanol–water partition coefficient (Wildman–Crippen LogP) is 0.124. The Morgan fingerprint density at radius 1 is 1.42 bits per heavy atom. The Morgan fingerprint density at radius 3 is 2.75 bits per heavy atom. The van der Waals surface area contributed by atoms with E-state index in [-0.39, 0.29) is 11.3 Å². The predicted molar refractivity (Wildman–Crippen MR) is 39.8 cm³/mol. The van der Waals surface area contributed by atoms with E-state index in [0.717, 1.165) is 6.42 Å². The first kappa shape index (κ1) is 8.01. The number of hydrogen-bond acceptors (Lipinski definition) is 3. The number of aliphatic carboxylic acids is 1. The van der Waals surface area contributed by atoms with Crippen molar-refractivity contribution in [2.45, 2.75) is 6.42 Å². The third kappa shape index (κ3) is 1.03. The van der Waals surface area contributed by atoms with Gasteiger partial charge in [0.2, 0.25) is 0 Å². The lowest BCUT2D eigenvalue weighted by Crippen LogP contribution is -2.35. The van der Waals surface area contributed by atoms with Crippen molar-refractivity contribution in [3.8, 4) is 0 Å². The van der Waals surface area contributed by atoms with Gasteiger partial charge in [-0.3, -0.25) is 4.79 Å². The zero-order chi connectivity index (χ0) is 8.60. The van der Waals surface area contributed by atoms with Gasteiger partial charge in [0.05, 0.1) is 25.7 Å². The van der Waals surface area contributed by atoms with Crippen LogP contribution in [0.3, 0.4) is 0 Å². The van der Waals surface area contributed by atoms with Gasteiger partial charge in [-0.2, -0.15) is 0 Å². The number of carboxylic acid groups (broad SMARTS) is 1. The van der Waals surface area contributed by atoms with Gasteiger partial charge in [0.1, 0.15) is 0 Å². The van der Waals surface area contributed by atoms with Gasteiger partial charge in [-0.15, -0.1) is 0 Å². The lowest BCUT2D eigenvalue weighted by molar-refractivity contribution is -0.144. The van der Waals surface area contributed by atoms with E-state index in [1.807, 2.05) is 0 Å². The van der Waals surface area contributed by atoms with Crippen LogP contribution in [0.1, 0.15) is 6.42 Å². The van der Waals surface area contributed by atoms with E-state index in [0.29, 0.717) is 26.4 Å². The Kier molecular flexibility index (Phi) is 1.81. The Bertz CT molecular complexity index is 190. The molecule has 0 saturated carbocycles. The molecule has 4 heteroatoms. The monoisotopic (exact) mass is 172 g/mol. The minimum absolute atomic E-state index is 0.216. The van der Waals surface area contributed by atoms with Crippen LogP contribution in [0.2, 0.25) is 0 Å². The number of rotatable bonds is 1. The Morgan fingerprint density at radius 2 is 2.17 bits per heavy atom. The molecule has 68 valence electrons. The van der Waals surface area contributed by atoms with Crippen LogP contribution >= 0.6 is 0 Å². The lowest BCUT2D eigenvalue weighted by Gasteiger charge is -2.23. The summed E-state index contributed by atoms with van der Waals surface area (Å²) in [7, 11) is 0. The van der Waals surface area contributed by atoms with Crippen LogP contribution in [0.5, 0.6) is 0 Å². The van der Waals surface area contributed by atoms with E-state index in [1.54, 1.807) is 0 Å². The van der Waals surface area contributed by atoms with E-state index in [2.05, 4.69) is 0 Å². The highest BCUT2D eigenvalue weighted by atomic mass is 16.5. The van der Waals surface area contributed by atoms with Crippen LogP contribution in [-0.4, -0.2) is 37.5 Å². The van der Waals surface area contributed by atoms with Crippen molar-refractivity contribution >= 4 is 5.97 Å². The summed E-state index contributed by atoms with van der Waals surface area (Å²) in [5.74, 6) is -1.11. The third-order valence-corrected chi connectivity index (χ3v) is 2.85. The molecule has 0 aromatic carbocycles. The van der Waals surface area contributed by atoms with Gasteiger partial charge < -0.3 is 14.6 Å². The first-order valence-electron chi connectivity index (χ1n) is 4.13. The Balaban J connectivity index is 2.17. The maximum Gasteiger partial charge on any atom is 0.309 e. The number of carbonyl (C=O) groups is 1. The van der Waals surface area contributed by atoms with E-state index >= 15 is 0 Å². The number of ether oxygens (including phenoxy) is 2. The second-order valence-corrected chi connectivity index (χ2v) is 3.57. The maximum atomic E-state index is 10.8. The SMILES string of the molecule is O=C(O)C1COCC12CCOC2. The Hall–Kier alpha value is -0.610. The summed E-state index contributed by atoms with van der Waals surface area (Å²) >= 11 is 0. The molecule has 2 rings (SSSR count). The molecule has 0 amide bonds. The molecule has 1 spiro atoms. The van der Waals surface area contributed by atoms with E-state index < -0.39 is 5.97 Å². The fourth-order valence-corrected chi connectivity index (χ4v) is 2.00. The van der Waals surface area contributed by atoms with Gasteiger partial charge in [0.15, 0.2) is 0 Å². The highest BCUT2D eigenvalue weighted by Gasteiger charge is 2.50. The Labute approximate surface area is 70.5 Å². The summed E-state index contributed by atoms with van der Waals surface area (Å²) in [4.78, 5) is 10.8. The quantitative estimate of drug-likeness (QED) is 0.610. The fraction of sp³-hybridized carbons (Fsp3) is 0.875. The second-order valence-electron chi connectivity index (χ2n) is 3.57. The zero-order valence-corrected chi connectivity index (χ0v) is 6.78. The molecule has 2 fully saturated rings. The topological polar surface area (TPSA) is 55.8 Å². The van der Waals surface area contributed by atoms with Crippen LogP contribution in [0.25, 0.3) is 0 Å². The van der Waals surface area contributed by atoms with Crippen LogP contribution in [0.4, 0.5) is 0 Å². The van der Waals surface area contributed by atoms with Gasteiger partial charge in [0, 0.05) is 12.0 Å². The van der Waals surface area contributed by atoms with Crippen LogP contribution < -0.4 is 0 Å². The van der Waals surface area contributed by atoms with Crippen LogP contribution in [0, 0.1) is 11.3 Å². The van der Waals surface area contributed by atoms with Crippen molar-refractivity contribution in [3.05, 3.63) is 0 Å². The molecule has 0 bridgehead atoms. The molecule has 12 heavy (non-hydrogen) atoms. The second kappa shape index (κ2) is 2.71. The van der Waals surface area contributed by atoms with Gasteiger partial charge in [0.25, 0.3) is 0 Å². The minimum atomic E-state index is -0.752. The number of hydrogen-bond donors (Lipinski definition) is 1. The first-order valence-corrected chi connectivity index (χ1v) is 4.13. The van der Waals surface area contributed by atoms with Crippen molar-refractivity contribution in [3.63, 3.8) is 0 Å². The van der Waals surface area contributed by atoms with Gasteiger partial charge in [-0.05, 0) is 6.42 Å². The normalized spacial score (nSPS) is 40.8. The van der Waals surface area contributed by atoms with Gasteiger partial charge in [-0.25, -0.2) is 0 Å². The standard InChI is InChI=1S/C8H12O4/c9-7(10)6-3-12-5-8(6)1-2-11-4-8/h6H,1-5H2,(H,9,10). The molecule has 4 nitrogen and oxygen atoms in total.